The number of anilines is 1. The summed E-state index contributed by atoms with van der Waals surface area (Å²) < 4.78 is 58.2. The third kappa shape index (κ3) is 2.73. The Morgan fingerprint density at radius 3 is 2.35 bits per heavy atom. The number of hydrogen-bond acceptors (Lipinski definition) is 6. The van der Waals surface area contributed by atoms with Crippen molar-refractivity contribution in [2.24, 2.45) is 0 Å². The molecule has 12 heteroatoms. The molecule has 2 rings (SSSR count). The summed E-state index contributed by atoms with van der Waals surface area (Å²) in [6, 6.07) is 4.33. The predicted molar refractivity (Wildman–Crippen MR) is 79.0 cm³/mol. The molecule has 0 aliphatic heterocycles. The number of aromatic nitrogens is 2. The molecule has 1 atom stereocenters. The third-order valence-electron chi connectivity index (χ3n) is 3.49. The van der Waals surface area contributed by atoms with Gasteiger partial charge in [0.25, 0.3) is 11.2 Å². The second-order valence-electron chi connectivity index (χ2n) is 5.01. The van der Waals surface area contributed by atoms with Crippen LogP contribution in [0, 0.1) is 5.82 Å². The maximum Gasteiger partial charge on any atom is 0.432 e. The Morgan fingerprint density at radius 2 is 1.85 bits per heavy atom. The molecule has 1 aromatic carbocycles. The minimum absolute atomic E-state index is 0.186. The summed E-state index contributed by atoms with van der Waals surface area (Å²) in [6.45, 7) is 0. The van der Waals surface area contributed by atoms with E-state index in [1.54, 1.807) is 0 Å². The maximum absolute atomic E-state index is 13.9. The van der Waals surface area contributed by atoms with Gasteiger partial charge in [-0.15, -0.1) is 0 Å². The van der Waals surface area contributed by atoms with Crippen LogP contribution in [0.2, 0.25) is 0 Å². The van der Waals surface area contributed by atoms with Crippen LogP contribution in [-0.2, 0) is 15.1 Å². The Hall–Kier alpha value is -3.15. The summed E-state index contributed by atoms with van der Waals surface area (Å²) in [5.74, 6) is -4.61. The molecule has 26 heavy (non-hydrogen) atoms. The van der Waals surface area contributed by atoms with Gasteiger partial charge in [-0.3, -0.25) is 9.78 Å². The number of alkyl halides is 3. The summed E-state index contributed by atoms with van der Waals surface area (Å²) in [6.07, 6.45) is -5.74. The van der Waals surface area contributed by atoms with Gasteiger partial charge < -0.3 is 15.6 Å². The molecule has 0 fully saturated rings. The summed E-state index contributed by atoms with van der Waals surface area (Å²) >= 11 is 0. The molecule has 0 saturated heterocycles. The zero-order chi connectivity index (χ0) is 19.9. The zero-order valence-electron chi connectivity index (χ0n) is 12.9. The zero-order valence-corrected chi connectivity index (χ0v) is 12.9. The van der Waals surface area contributed by atoms with Crippen LogP contribution >= 0.6 is 0 Å². The molecule has 0 amide bonds. The minimum atomic E-state index is -5.74. The van der Waals surface area contributed by atoms with Crippen molar-refractivity contribution >= 4 is 11.8 Å². The number of carbonyl (C=O) groups is 1. The van der Waals surface area contributed by atoms with Crippen molar-refractivity contribution < 1.29 is 32.2 Å². The van der Waals surface area contributed by atoms with E-state index in [-0.39, 0.29) is 4.57 Å². The Morgan fingerprint density at radius 1 is 1.27 bits per heavy atom. The fourth-order valence-electron chi connectivity index (χ4n) is 2.28. The van der Waals surface area contributed by atoms with Crippen LogP contribution in [0.25, 0.3) is 5.69 Å². The normalized spacial score (nSPS) is 13.9. The van der Waals surface area contributed by atoms with Gasteiger partial charge in [0.2, 0.25) is 0 Å². The number of para-hydroxylation sites is 1. The number of rotatable bonds is 3. The Bertz CT molecular complexity index is 982. The molecule has 0 radical (unpaired) electrons. The molecular weight excluding hydrogens is 366 g/mol. The van der Waals surface area contributed by atoms with E-state index in [4.69, 9.17) is 5.73 Å². The number of halogens is 4. The molecule has 2 aromatic rings. The van der Waals surface area contributed by atoms with Gasteiger partial charge in [0, 0.05) is 0 Å². The van der Waals surface area contributed by atoms with E-state index in [1.807, 2.05) is 0 Å². The summed E-state index contributed by atoms with van der Waals surface area (Å²) in [4.78, 5) is 37.0. The Balaban J connectivity index is 2.98. The van der Waals surface area contributed by atoms with Gasteiger partial charge in [-0.05, 0) is 12.1 Å². The quantitative estimate of drug-likeness (QED) is 0.517. The number of methoxy groups -OCH3 is 1. The number of ether oxygens (including phenoxy) is 1. The van der Waals surface area contributed by atoms with Gasteiger partial charge in [-0.25, -0.2) is 18.5 Å². The molecule has 4 N–H and O–H groups in total. The molecule has 140 valence electrons. The second-order valence-corrected chi connectivity index (χ2v) is 5.01. The van der Waals surface area contributed by atoms with Crippen LogP contribution in [-0.4, -0.2) is 33.9 Å². The van der Waals surface area contributed by atoms with Crippen LogP contribution < -0.4 is 17.0 Å². The second kappa shape index (κ2) is 6.29. The first kappa shape index (κ1) is 19.2. The van der Waals surface area contributed by atoms with Crippen molar-refractivity contribution in [3.63, 3.8) is 0 Å². The molecule has 0 spiro atoms. The molecule has 8 nitrogen and oxygen atoms in total. The average molecular weight is 377 g/mol. The Labute approximate surface area is 141 Å². The lowest BCUT2D eigenvalue weighted by Crippen LogP contribution is -2.54. The summed E-state index contributed by atoms with van der Waals surface area (Å²) in [5, 5.41) is 9.97. The summed E-state index contributed by atoms with van der Waals surface area (Å²) in [7, 11) is 0.538. The van der Waals surface area contributed by atoms with Gasteiger partial charge in [0.15, 0.2) is 0 Å². The van der Waals surface area contributed by atoms with Gasteiger partial charge >= 0.3 is 17.8 Å². The van der Waals surface area contributed by atoms with Gasteiger partial charge in [0.1, 0.15) is 17.2 Å². The lowest BCUT2D eigenvalue weighted by atomic mass is 9.94. The molecule has 0 unspecified atom stereocenters. The number of esters is 1. The molecule has 0 saturated carbocycles. The monoisotopic (exact) mass is 377 g/mol. The number of nitrogens with one attached hydrogen (secondary N) is 1. The van der Waals surface area contributed by atoms with Crippen molar-refractivity contribution in [2.75, 3.05) is 12.8 Å². The maximum atomic E-state index is 13.9. The van der Waals surface area contributed by atoms with Crippen molar-refractivity contribution in [2.45, 2.75) is 11.8 Å². The van der Waals surface area contributed by atoms with Crippen molar-refractivity contribution in [1.82, 2.24) is 9.55 Å². The number of benzene rings is 1. The lowest BCUT2D eigenvalue weighted by Gasteiger charge is -2.28. The fourth-order valence-corrected chi connectivity index (χ4v) is 2.28. The first-order valence-electron chi connectivity index (χ1n) is 6.74. The highest BCUT2D eigenvalue weighted by Gasteiger charge is 2.64. The predicted octanol–water partition coefficient (Wildman–Crippen LogP) is 0.170. The first-order chi connectivity index (χ1) is 12.0. The highest BCUT2D eigenvalue weighted by molar-refractivity contribution is 5.83. The van der Waals surface area contributed by atoms with E-state index in [9.17, 15) is 37.1 Å². The SMILES string of the molecule is COC(=O)[C@@](O)(c1c(N)n(-c2ccccc2F)c(=O)[nH]c1=O)C(F)(F)F. The number of carbonyl (C=O) groups excluding carboxylic acids is 1. The minimum Gasteiger partial charge on any atom is -0.466 e. The molecule has 1 aromatic heterocycles. The van der Waals surface area contributed by atoms with Crippen LogP contribution in [0.4, 0.5) is 23.4 Å². The average Bonchev–Trinajstić information content (AvgIpc) is 2.54. The van der Waals surface area contributed by atoms with E-state index >= 15 is 0 Å². The number of H-pyrrole nitrogens is 1. The number of aromatic amines is 1. The van der Waals surface area contributed by atoms with Crippen LogP contribution in [0.5, 0.6) is 0 Å². The highest BCUT2D eigenvalue weighted by atomic mass is 19.4. The van der Waals surface area contributed by atoms with Crippen LogP contribution in [0.1, 0.15) is 5.56 Å². The fraction of sp³-hybridized carbons (Fsp3) is 0.214. The number of nitrogen functional groups attached to an aromatic ring is 1. The van der Waals surface area contributed by atoms with E-state index < -0.39 is 51.9 Å². The lowest BCUT2D eigenvalue weighted by molar-refractivity contribution is -0.267. The van der Waals surface area contributed by atoms with Crippen molar-refractivity contribution in [3.05, 3.63) is 56.5 Å². The van der Waals surface area contributed by atoms with E-state index in [1.165, 1.54) is 17.1 Å². The summed E-state index contributed by atoms with van der Waals surface area (Å²) in [5.41, 5.74) is -4.51. The molecule has 0 aliphatic carbocycles. The first-order valence-corrected chi connectivity index (χ1v) is 6.74. The number of nitrogens with two attached hydrogens (primary N) is 1. The Kier molecular flexibility index (Phi) is 4.64. The van der Waals surface area contributed by atoms with Gasteiger partial charge in [0.05, 0.1) is 12.8 Å². The molecule has 1 heterocycles. The van der Waals surface area contributed by atoms with Crippen LogP contribution in [0.15, 0.2) is 33.9 Å². The molecular formula is C14H11F4N3O5. The molecule has 0 bridgehead atoms. The van der Waals surface area contributed by atoms with Crippen molar-refractivity contribution in [3.8, 4) is 5.69 Å². The topological polar surface area (TPSA) is 127 Å². The smallest absolute Gasteiger partial charge is 0.432 e. The van der Waals surface area contributed by atoms with Crippen molar-refractivity contribution in [1.29, 1.82) is 0 Å². The van der Waals surface area contributed by atoms with Gasteiger partial charge in [-0.2, -0.15) is 13.2 Å². The third-order valence-corrected chi connectivity index (χ3v) is 3.49. The van der Waals surface area contributed by atoms with E-state index in [0.29, 0.717) is 7.11 Å². The number of hydrogen-bond donors (Lipinski definition) is 3. The van der Waals surface area contributed by atoms with E-state index in [2.05, 4.69) is 4.74 Å². The number of aliphatic hydroxyl groups is 1. The largest absolute Gasteiger partial charge is 0.466 e. The van der Waals surface area contributed by atoms with Gasteiger partial charge in [-0.1, -0.05) is 12.1 Å². The van der Waals surface area contributed by atoms with E-state index in [0.717, 1.165) is 12.1 Å². The van der Waals surface area contributed by atoms with Crippen LogP contribution in [0.3, 0.4) is 0 Å². The highest BCUT2D eigenvalue weighted by Crippen LogP contribution is 2.40. The standard InChI is InChI=1S/C14H11F4N3O5/c1-26-11(23)13(25,14(16,17)18)8-9(19)21(12(24)20-10(8)22)7-5-3-2-4-6(7)15/h2-5,25H,19H2,1H3,(H,20,22,24)/t13-/m0/s1. The molecule has 0 aliphatic rings. The number of nitrogens with zero attached hydrogens (tertiary/aromatic N) is 1.